The van der Waals surface area contributed by atoms with Crippen LogP contribution < -0.4 is 19.7 Å². The van der Waals surface area contributed by atoms with Gasteiger partial charge in [0.2, 0.25) is 0 Å². The molecule has 2 aromatic carbocycles. The van der Waals surface area contributed by atoms with Crippen molar-refractivity contribution >= 4 is 47.2 Å². The van der Waals surface area contributed by atoms with Gasteiger partial charge in [0, 0.05) is 5.56 Å². The van der Waals surface area contributed by atoms with Gasteiger partial charge in [0.25, 0.3) is 11.8 Å². The largest absolute Gasteiger partial charge is 0.490 e. The Labute approximate surface area is 200 Å². The molecular formula is C24H21ClN2O7. The first-order chi connectivity index (χ1) is 16.3. The molecule has 0 saturated carbocycles. The molecule has 34 heavy (non-hydrogen) atoms. The van der Waals surface area contributed by atoms with Gasteiger partial charge in [-0.1, -0.05) is 29.8 Å². The summed E-state index contributed by atoms with van der Waals surface area (Å²) in [5.74, 6) is -2.42. The average molecular weight is 485 g/mol. The van der Waals surface area contributed by atoms with Crippen LogP contribution in [0.3, 0.4) is 0 Å². The molecule has 0 aliphatic carbocycles. The van der Waals surface area contributed by atoms with Crippen LogP contribution in [0.2, 0.25) is 5.02 Å². The number of nitrogens with one attached hydrogen (secondary N) is 1. The summed E-state index contributed by atoms with van der Waals surface area (Å²) in [5.41, 5.74) is 0.766. The number of carbonyl (C=O) groups excluding carboxylic acids is 3. The lowest BCUT2D eigenvalue weighted by atomic mass is 10.0. The normalized spacial score (nSPS) is 14.7. The maximum atomic E-state index is 13.1. The quantitative estimate of drug-likeness (QED) is 0.317. The maximum Gasteiger partial charge on any atom is 0.341 e. The summed E-state index contributed by atoms with van der Waals surface area (Å²) in [5, 5.41) is 11.3. The standard InChI is InChI=1S/C24H21ClN2O7/c1-3-7-15-10-14(12-19(33-4-2)21(15)34-13-20(28)29)11-16-22(30)26-24(32)27(23(16)31)18-9-6-5-8-17(18)25/h3,5-6,8-12H,1,4,7,13H2,2H3,(H,28,29)(H,26,30,32)/b16-11+. The first-order valence-electron chi connectivity index (χ1n) is 10.2. The summed E-state index contributed by atoms with van der Waals surface area (Å²) in [6, 6.07) is 8.46. The number of barbiturate groups is 1. The second kappa shape index (κ2) is 10.7. The summed E-state index contributed by atoms with van der Waals surface area (Å²) in [6.07, 6.45) is 3.20. The molecule has 176 valence electrons. The lowest BCUT2D eigenvalue weighted by molar-refractivity contribution is -0.139. The van der Waals surface area contributed by atoms with Crippen LogP contribution in [0.25, 0.3) is 6.08 Å². The van der Waals surface area contributed by atoms with Gasteiger partial charge in [-0.25, -0.2) is 14.5 Å². The molecule has 0 unspecified atom stereocenters. The van der Waals surface area contributed by atoms with E-state index in [1.54, 1.807) is 31.2 Å². The molecule has 2 N–H and O–H groups in total. The Balaban J connectivity index is 2.09. The smallest absolute Gasteiger partial charge is 0.341 e. The Hall–Kier alpha value is -4.11. The fourth-order valence-corrected chi connectivity index (χ4v) is 3.53. The van der Waals surface area contributed by atoms with Crippen LogP contribution in [-0.4, -0.2) is 42.1 Å². The van der Waals surface area contributed by atoms with Crippen LogP contribution in [-0.2, 0) is 20.8 Å². The average Bonchev–Trinajstić information content (AvgIpc) is 2.77. The number of anilines is 1. The van der Waals surface area contributed by atoms with Gasteiger partial charge in [-0.3, -0.25) is 14.9 Å². The van der Waals surface area contributed by atoms with E-state index in [0.29, 0.717) is 17.5 Å². The van der Waals surface area contributed by atoms with Crippen molar-refractivity contribution in [1.29, 1.82) is 0 Å². The highest BCUT2D eigenvalue weighted by Crippen LogP contribution is 2.35. The number of carboxylic acids is 1. The molecule has 1 aliphatic rings. The van der Waals surface area contributed by atoms with Crippen LogP contribution in [0.4, 0.5) is 10.5 Å². The molecule has 0 bridgehead atoms. The Kier molecular flexibility index (Phi) is 7.70. The zero-order chi connectivity index (χ0) is 24.8. The summed E-state index contributed by atoms with van der Waals surface area (Å²) >= 11 is 6.15. The van der Waals surface area contributed by atoms with Crippen molar-refractivity contribution in [2.75, 3.05) is 18.1 Å². The summed E-state index contributed by atoms with van der Waals surface area (Å²) in [7, 11) is 0. The minimum Gasteiger partial charge on any atom is -0.490 e. The van der Waals surface area contributed by atoms with Crippen LogP contribution in [0.5, 0.6) is 11.5 Å². The Morgan fingerprint density at radius 2 is 1.94 bits per heavy atom. The van der Waals surface area contributed by atoms with Crippen molar-refractivity contribution in [1.82, 2.24) is 5.32 Å². The summed E-state index contributed by atoms with van der Waals surface area (Å²) < 4.78 is 11.0. The highest BCUT2D eigenvalue weighted by Gasteiger charge is 2.37. The summed E-state index contributed by atoms with van der Waals surface area (Å²) in [4.78, 5) is 49.9. The van der Waals surface area contributed by atoms with Crippen molar-refractivity contribution in [2.24, 2.45) is 0 Å². The molecule has 1 fully saturated rings. The number of para-hydroxylation sites is 1. The number of aliphatic carboxylic acids is 1. The molecule has 0 radical (unpaired) electrons. The van der Waals surface area contributed by atoms with Gasteiger partial charge >= 0.3 is 12.0 Å². The van der Waals surface area contributed by atoms with E-state index in [1.807, 2.05) is 0 Å². The van der Waals surface area contributed by atoms with Gasteiger partial charge in [0.15, 0.2) is 18.1 Å². The van der Waals surface area contributed by atoms with Gasteiger partial charge in [0.1, 0.15) is 5.57 Å². The SMILES string of the molecule is C=CCc1cc(/C=C2\C(=O)NC(=O)N(c3ccccc3Cl)C2=O)cc(OCC)c1OCC(=O)O. The van der Waals surface area contributed by atoms with E-state index < -0.39 is 30.4 Å². The number of ether oxygens (including phenoxy) is 2. The highest BCUT2D eigenvalue weighted by atomic mass is 35.5. The number of allylic oxidation sites excluding steroid dienone is 1. The van der Waals surface area contributed by atoms with E-state index in [-0.39, 0.29) is 34.4 Å². The number of rotatable bonds is 9. The predicted octanol–water partition coefficient (Wildman–Crippen LogP) is 3.60. The molecule has 0 aromatic heterocycles. The highest BCUT2D eigenvalue weighted by molar-refractivity contribution is 6.42. The Morgan fingerprint density at radius 3 is 2.59 bits per heavy atom. The number of halogens is 1. The third-order valence-corrected chi connectivity index (χ3v) is 4.98. The third-order valence-electron chi connectivity index (χ3n) is 4.66. The number of carbonyl (C=O) groups is 4. The number of hydrogen-bond acceptors (Lipinski definition) is 6. The number of carboxylic acid groups (broad SMARTS) is 1. The minimum absolute atomic E-state index is 0.129. The van der Waals surface area contributed by atoms with Crippen molar-refractivity contribution in [3.63, 3.8) is 0 Å². The number of imide groups is 2. The van der Waals surface area contributed by atoms with Crippen LogP contribution in [0.15, 0.2) is 54.6 Å². The molecule has 4 amide bonds. The topological polar surface area (TPSA) is 122 Å². The van der Waals surface area contributed by atoms with E-state index in [1.165, 1.54) is 24.3 Å². The molecule has 3 rings (SSSR count). The minimum atomic E-state index is -1.16. The Morgan fingerprint density at radius 1 is 1.21 bits per heavy atom. The molecular weight excluding hydrogens is 464 g/mol. The van der Waals surface area contributed by atoms with Crippen LogP contribution in [0.1, 0.15) is 18.1 Å². The first-order valence-corrected chi connectivity index (χ1v) is 10.6. The second-order valence-electron chi connectivity index (χ2n) is 7.02. The zero-order valence-corrected chi connectivity index (χ0v) is 18.9. The van der Waals surface area contributed by atoms with Gasteiger partial charge < -0.3 is 14.6 Å². The molecule has 1 saturated heterocycles. The van der Waals surface area contributed by atoms with Gasteiger partial charge in [-0.15, -0.1) is 6.58 Å². The zero-order valence-electron chi connectivity index (χ0n) is 18.2. The van der Waals surface area contributed by atoms with Gasteiger partial charge in [0.05, 0.1) is 17.3 Å². The lowest BCUT2D eigenvalue weighted by Crippen LogP contribution is -2.54. The molecule has 9 nitrogen and oxygen atoms in total. The van der Waals surface area contributed by atoms with Crippen LogP contribution in [0, 0.1) is 0 Å². The van der Waals surface area contributed by atoms with Crippen molar-refractivity contribution < 1.29 is 33.8 Å². The molecule has 2 aromatic rings. The van der Waals surface area contributed by atoms with E-state index >= 15 is 0 Å². The molecule has 0 atom stereocenters. The lowest BCUT2D eigenvalue weighted by Gasteiger charge is -2.27. The fraction of sp³-hybridized carbons (Fsp3) is 0.167. The monoisotopic (exact) mass is 484 g/mol. The molecule has 0 spiro atoms. The Bertz CT molecular complexity index is 1210. The van der Waals surface area contributed by atoms with Crippen LogP contribution >= 0.6 is 11.6 Å². The molecule has 10 heteroatoms. The third kappa shape index (κ3) is 5.26. The van der Waals surface area contributed by atoms with E-state index in [4.69, 9.17) is 26.2 Å². The van der Waals surface area contributed by atoms with E-state index in [9.17, 15) is 19.2 Å². The summed E-state index contributed by atoms with van der Waals surface area (Å²) in [6.45, 7) is 5.11. The van der Waals surface area contributed by atoms with Crippen molar-refractivity contribution in [2.45, 2.75) is 13.3 Å². The molecule has 1 heterocycles. The van der Waals surface area contributed by atoms with Crippen molar-refractivity contribution in [3.8, 4) is 11.5 Å². The van der Waals surface area contributed by atoms with Gasteiger partial charge in [-0.2, -0.15) is 0 Å². The van der Waals surface area contributed by atoms with E-state index in [2.05, 4.69) is 11.9 Å². The number of urea groups is 1. The first kappa shape index (κ1) is 24.5. The predicted molar refractivity (Wildman–Crippen MR) is 125 cm³/mol. The van der Waals surface area contributed by atoms with Gasteiger partial charge in [-0.05, 0) is 49.2 Å². The number of nitrogens with zero attached hydrogens (tertiary/aromatic N) is 1. The number of amides is 4. The van der Waals surface area contributed by atoms with E-state index in [0.717, 1.165) is 4.90 Å². The second-order valence-corrected chi connectivity index (χ2v) is 7.43. The maximum absolute atomic E-state index is 13.1. The van der Waals surface area contributed by atoms with Crippen molar-refractivity contribution in [3.05, 3.63) is 70.8 Å². The fourth-order valence-electron chi connectivity index (χ4n) is 3.31. The molecule has 1 aliphatic heterocycles. The number of hydrogen-bond donors (Lipinski definition) is 2. The number of benzene rings is 2.